The summed E-state index contributed by atoms with van der Waals surface area (Å²) in [4.78, 5) is 27.4. The Labute approximate surface area is 136 Å². The lowest BCUT2D eigenvalue weighted by Crippen LogP contribution is -2.39. The van der Waals surface area contributed by atoms with E-state index >= 15 is 0 Å². The summed E-state index contributed by atoms with van der Waals surface area (Å²) < 4.78 is 18.4. The van der Waals surface area contributed by atoms with E-state index in [9.17, 15) is 14.7 Å². The Morgan fingerprint density at radius 1 is 1.29 bits per heavy atom. The molecule has 0 spiro atoms. The van der Waals surface area contributed by atoms with Gasteiger partial charge in [0, 0.05) is 12.3 Å². The Bertz CT molecular complexity index is 821. The van der Waals surface area contributed by atoms with Gasteiger partial charge in [0.25, 0.3) is 5.56 Å². The number of aliphatic hydroxyl groups excluding tert-OH is 1. The standard InChI is InChI=1S/C16H14N2O6/c19-8-10-12(23-15(21)9-4-2-1-3-5-9)13-14(22-10)18-7-6-11(20)17-16(18)24-13/h1-7,10,12-14,19H,8H2/t10?,12-,13+,14+/m0/s1. The molecule has 2 aliphatic rings. The van der Waals surface area contributed by atoms with Gasteiger partial charge in [-0.2, -0.15) is 4.98 Å². The van der Waals surface area contributed by atoms with Crippen LogP contribution in [0.3, 0.4) is 0 Å². The van der Waals surface area contributed by atoms with Gasteiger partial charge >= 0.3 is 12.0 Å². The summed E-state index contributed by atoms with van der Waals surface area (Å²) in [5, 5.41) is 9.52. The first kappa shape index (κ1) is 14.9. The zero-order chi connectivity index (χ0) is 16.7. The molecule has 1 saturated heterocycles. The van der Waals surface area contributed by atoms with Crippen molar-refractivity contribution < 1.29 is 24.1 Å². The molecule has 0 radical (unpaired) electrons. The summed E-state index contributed by atoms with van der Waals surface area (Å²) in [6, 6.07) is 9.91. The fourth-order valence-electron chi connectivity index (χ4n) is 2.91. The Morgan fingerprint density at radius 3 is 2.83 bits per heavy atom. The van der Waals surface area contributed by atoms with Crippen LogP contribution in [0.2, 0.25) is 0 Å². The summed E-state index contributed by atoms with van der Waals surface area (Å²) in [5.74, 6) is -0.537. The van der Waals surface area contributed by atoms with Crippen LogP contribution in [0.1, 0.15) is 16.6 Å². The molecule has 0 bridgehead atoms. The third kappa shape index (κ3) is 2.36. The predicted octanol–water partition coefficient (Wildman–Crippen LogP) is 0.120. The molecular weight excluding hydrogens is 316 g/mol. The van der Waals surface area contributed by atoms with E-state index in [1.54, 1.807) is 34.9 Å². The van der Waals surface area contributed by atoms with Crippen molar-refractivity contribution in [2.24, 2.45) is 0 Å². The minimum atomic E-state index is -0.815. The van der Waals surface area contributed by atoms with Gasteiger partial charge in [0.05, 0.1) is 12.2 Å². The summed E-state index contributed by atoms with van der Waals surface area (Å²) >= 11 is 0. The van der Waals surface area contributed by atoms with Crippen molar-refractivity contribution in [1.29, 1.82) is 0 Å². The Morgan fingerprint density at radius 2 is 2.08 bits per heavy atom. The zero-order valence-corrected chi connectivity index (χ0v) is 12.4. The lowest BCUT2D eigenvalue weighted by molar-refractivity contribution is -0.0513. The van der Waals surface area contributed by atoms with E-state index in [0.29, 0.717) is 5.56 Å². The van der Waals surface area contributed by atoms with E-state index in [2.05, 4.69) is 4.98 Å². The van der Waals surface area contributed by atoms with Crippen LogP contribution in [0.5, 0.6) is 6.01 Å². The highest BCUT2D eigenvalue weighted by atomic mass is 16.7. The number of aromatic nitrogens is 2. The van der Waals surface area contributed by atoms with Gasteiger partial charge < -0.3 is 19.3 Å². The van der Waals surface area contributed by atoms with E-state index < -0.39 is 36.1 Å². The molecule has 1 N–H and O–H groups in total. The van der Waals surface area contributed by atoms with Gasteiger partial charge in [0.15, 0.2) is 18.4 Å². The first-order chi connectivity index (χ1) is 11.7. The second-order valence-electron chi connectivity index (χ2n) is 5.52. The molecule has 2 aliphatic heterocycles. The molecule has 0 aliphatic carbocycles. The number of ether oxygens (including phenoxy) is 3. The summed E-state index contributed by atoms with van der Waals surface area (Å²) in [6.07, 6.45) is -1.32. The van der Waals surface area contributed by atoms with Crippen molar-refractivity contribution in [3.8, 4) is 6.01 Å². The molecule has 0 saturated carbocycles. The third-order valence-corrected chi connectivity index (χ3v) is 4.04. The fourth-order valence-corrected chi connectivity index (χ4v) is 2.91. The summed E-state index contributed by atoms with van der Waals surface area (Å²) in [5.41, 5.74) is -0.0430. The number of esters is 1. The normalized spacial score (nSPS) is 27.2. The molecule has 1 aromatic heterocycles. The topological polar surface area (TPSA) is 99.9 Å². The van der Waals surface area contributed by atoms with Gasteiger partial charge in [-0.15, -0.1) is 0 Å². The third-order valence-electron chi connectivity index (χ3n) is 4.04. The lowest BCUT2D eigenvalue weighted by Gasteiger charge is -2.20. The van der Waals surface area contributed by atoms with Crippen LogP contribution >= 0.6 is 0 Å². The number of nitrogens with zero attached hydrogens (tertiary/aromatic N) is 2. The SMILES string of the molecule is O=C(O[C@H]1C(CO)O[C@@H]2[C@@H]1Oc1nc(=O)ccn12)c1ccccc1. The lowest BCUT2D eigenvalue weighted by atomic mass is 10.1. The molecule has 3 heterocycles. The fraction of sp³-hybridized carbons (Fsp3) is 0.312. The van der Waals surface area contributed by atoms with Crippen LogP contribution in [0, 0.1) is 0 Å². The quantitative estimate of drug-likeness (QED) is 0.798. The van der Waals surface area contributed by atoms with Crippen molar-refractivity contribution >= 4 is 5.97 Å². The molecule has 2 aromatic rings. The van der Waals surface area contributed by atoms with Gasteiger partial charge in [0.2, 0.25) is 0 Å². The van der Waals surface area contributed by atoms with E-state index in [-0.39, 0.29) is 12.6 Å². The number of hydrogen-bond acceptors (Lipinski definition) is 7. The van der Waals surface area contributed by atoms with Gasteiger partial charge in [-0.3, -0.25) is 9.36 Å². The molecule has 124 valence electrons. The van der Waals surface area contributed by atoms with E-state index in [1.807, 2.05) is 0 Å². The zero-order valence-electron chi connectivity index (χ0n) is 12.4. The Hall–Kier alpha value is -2.71. The Kier molecular flexibility index (Phi) is 3.55. The average molecular weight is 330 g/mol. The van der Waals surface area contributed by atoms with E-state index in [0.717, 1.165) is 0 Å². The molecule has 0 amide bonds. The molecule has 1 unspecified atom stereocenters. The van der Waals surface area contributed by atoms with Crippen LogP contribution in [0.4, 0.5) is 0 Å². The smallest absolute Gasteiger partial charge is 0.338 e. The molecule has 4 atom stereocenters. The van der Waals surface area contributed by atoms with Crippen molar-refractivity contribution in [3.63, 3.8) is 0 Å². The van der Waals surface area contributed by atoms with Crippen LogP contribution < -0.4 is 10.3 Å². The van der Waals surface area contributed by atoms with Gasteiger partial charge in [-0.25, -0.2) is 4.79 Å². The second-order valence-corrected chi connectivity index (χ2v) is 5.52. The monoisotopic (exact) mass is 330 g/mol. The van der Waals surface area contributed by atoms with Crippen LogP contribution in [-0.4, -0.2) is 45.5 Å². The van der Waals surface area contributed by atoms with Crippen LogP contribution in [0.15, 0.2) is 47.4 Å². The molecular formula is C16H14N2O6. The molecule has 4 rings (SSSR count). The molecule has 1 aromatic carbocycles. The number of carbonyl (C=O) groups is 1. The van der Waals surface area contributed by atoms with E-state index in [4.69, 9.17) is 14.2 Å². The molecule has 1 fully saturated rings. The molecule has 24 heavy (non-hydrogen) atoms. The highest BCUT2D eigenvalue weighted by Gasteiger charge is 2.53. The summed E-state index contributed by atoms with van der Waals surface area (Å²) in [6.45, 7) is -0.327. The number of rotatable bonds is 3. The first-order valence-corrected chi connectivity index (χ1v) is 7.45. The predicted molar refractivity (Wildman–Crippen MR) is 79.6 cm³/mol. The molecule has 8 heteroatoms. The highest BCUT2D eigenvalue weighted by Crippen LogP contribution is 2.40. The van der Waals surface area contributed by atoms with E-state index in [1.165, 1.54) is 12.3 Å². The van der Waals surface area contributed by atoms with Gasteiger partial charge in [-0.05, 0) is 12.1 Å². The van der Waals surface area contributed by atoms with Crippen molar-refractivity contribution in [3.05, 3.63) is 58.5 Å². The highest BCUT2D eigenvalue weighted by molar-refractivity contribution is 5.89. The maximum Gasteiger partial charge on any atom is 0.338 e. The number of benzene rings is 1. The summed E-state index contributed by atoms with van der Waals surface area (Å²) in [7, 11) is 0. The Balaban J connectivity index is 1.59. The number of hydrogen-bond donors (Lipinski definition) is 1. The van der Waals surface area contributed by atoms with Crippen LogP contribution in [0.25, 0.3) is 0 Å². The maximum atomic E-state index is 12.3. The van der Waals surface area contributed by atoms with Crippen molar-refractivity contribution in [2.75, 3.05) is 6.61 Å². The number of fused-ring (bicyclic) bond motifs is 3. The largest absolute Gasteiger partial charge is 0.452 e. The molecule has 8 nitrogen and oxygen atoms in total. The average Bonchev–Trinajstić information content (AvgIpc) is 3.11. The number of carbonyl (C=O) groups excluding carboxylic acids is 1. The first-order valence-electron chi connectivity index (χ1n) is 7.45. The minimum Gasteiger partial charge on any atom is -0.452 e. The van der Waals surface area contributed by atoms with Gasteiger partial charge in [0.1, 0.15) is 6.10 Å². The van der Waals surface area contributed by atoms with Gasteiger partial charge in [-0.1, -0.05) is 18.2 Å². The maximum absolute atomic E-state index is 12.3. The minimum absolute atomic E-state index is 0.106. The number of aliphatic hydroxyl groups is 1. The second kappa shape index (κ2) is 5.73. The van der Waals surface area contributed by atoms with Crippen molar-refractivity contribution in [1.82, 2.24) is 9.55 Å². The van der Waals surface area contributed by atoms with Crippen molar-refractivity contribution in [2.45, 2.75) is 24.5 Å². The van der Waals surface area contributed by atoms with Crippen LogP contribution in [-0.2, 0) is 9.47 Å².